The van der Waals surface area contributed by atoms with Gasteiger partial charge in [0.2, 0.25) is 0 Å². The van der Waals surface area contributed by atoms with E-state index >= 15 is 0 Å². The number of carbonyl (C=O) groups excluding carboxylic acids is 2. The average Bonchev–Trinajstić information content (AvgIpc) is 3.29. The highest BCUT2D eigenvalue weighted by Crippen LogP contribution is 2.31. The molecule has 1 N–H and O–H groups in total. The van der Waals surface area contributed by atoms with E-state index in [9.17, 15) is 19.5 Å². The van der Waals surface area contributed by atoms with Crippen molar-refractivity contribution >= 4 is 23.6 Å². The molecular formula is C25H25N3O6. The summed E-state index contributed by atoms with van der Waals surface area (Å²) in [5, 5.41) is 13.8. The molecule has 1 aliphatic rings. The van der Waals surface area contributed by atoms with Gasteiger partial charge in [0.1, 0.15) is 11.3 Å². The third-order valence-electron chi connectivity index (χ3n) is 6.00. The third-order valence-corrected chi connectivity index (χ3v) is 6.00. The molecule has 4 rings (SSSR count). The van der Waals surface area contributed by atoms with Gasteiger partial charge in [0, 0.05) is 24.3 Å². The van der Waals surface area contributed by atoms with Crippen molar-refractivity contribution in [3.63, 3.8) is 0 Å². The van der Waals surface area contributed by atoms with Gasteiger partial charge >= 0.3 is 17.9 Å². The largest absolute Gasteiger partial charge is 0.481 e. The van der Waals surface area contributed by atoms with E-state index in [4.69, 9.17) is 9.47 Å². The molecule has 0 bridgehead atoms. The Bertz CT molecular complexity index is 1200. The van der Waals surface area contributed by atoms with Gasteiger partial charge in [-0.1, -0.05) is 30.3 Å². The third kappa shape index (κ3) is 4.36. The number of benzene rings is 2. The summed E-state index contributed by atoms with van der Waals surface area (Å²) in [7, 11) is 2.49. The lowest BCUT2D eigenvalue weighted by atomic mass is 9.96. The number of esters is 2. The minimum absolute atomic E-state index is 0.0182. The van der Waals surface area contributed by atoms with Crippen LogP contribution in [-0.2, 0) is 14.3 Å². The maximum atomic E-state index is 12.8. The zero-order valence-electron chi connectivity index (χ0n) is 18.9. The summed E-state index contributed by atoms with van der Waals surface area (Å²) in [4.78, 5) is 38.8. The summed E-state index contributed by atoms with van der Waals surface area (Å²) in [6.07, 6.45) is 1.18. The Morgan fingerprint density at radius 3 is 2.06 bits per heavy atom. The molecule has 0 spiro atoms. The van der Waals surface area contributed by atoms with Crippen LogP contribution in [0, 0.1) is 5.92 Å². The first-order valence-corrected chi connectivity index (χ1v) is 10.9. The molecule has 1 aliphatic heterocycles. The molecule has 0 radical (unpaired) electrons. The van der Waals surface area contributed by atoms with Crippen LogP contribution in [0.5, 0.6) is 0 Å². The van der Waals surface area contributed by atoms with E-state index in [-0.39, 0.29) is 17.2 Å². The Morgan fingerprint density at radius 2 is 1.50 bits per heavy atom. The summed E-state index contributed by atoms with van der Waals surface area (Å²) in [6, 6.07) is 16.4. The number of aliphatic carboxylic acids is 1. The summed E-state index contributed by atoms with van der Waals surface area (Å²) in [5.74, 6) is -2.46. The molecule has 2 aromatic carbocycles. The molecule has 34 heavy (non-hydrogen) atoms. The fourth-order valence-electron chi connectivity index (χ4n) is 4.17. The van der Waals surface area contributed by atoms with Crippen molar-refractivity contribution in [3.8, 4) is 16.9 Å². The second-order valence-corrected chi connectivity index (χ2v) is 7.95. The van der Waals surface area contributed by atoms with Crippen molar-refractivity contribution in [1.29, 1.82) is 0 Å². The first-order chi connectivity index (χ1) is 16.4. The van der Waals surface area contributed by atoms with E-state index in [2.05, 4.69) is 10.00 Å². The Kier molecular flexibility index (Phi) is 6.62. The van der Waals surface area contributed by atoms with Crippen LogP contribution in [0.4, 0.5) is 5.69 Å². The number of methoxy groups -OCH3 is 2. The van der Waals surface area contributed by atoms with Gasteiger partial charge in [0.05, 0.1) is 25.8 Å². The Morgan fingerprint density at radius 1 is 0.882 bits per heavy atom. The quantitative estimate of drug-likeness (QED) is 0.554. The number of nitrogens with zero attached hydrogens (tertiary/aromatic N) is 3. The number of ether oxygens (including phenoxy) is 2. The van der Waals surface area contributed by atoms with Crippen LogP contribution < -0.4 is 4.90 Å². The molecule has 1 saturated heterocycles. The molecule has 9 nitrogen and oxygen atoms in total. The number of hydrogen-bond acceptors (Lipinski definition) is 7. The van der Waals surface area contributed by atoms with E-state index in [0.717, 1.165) is 5.69 Å². The van der Waals surface area contributed by atoms with Crippen molar-refractivity contribution in [2.45, 2.75) is 12.8 Å². The number of hydrogen-bond donors (Lipinski definition) is 1. The van der Waals surface area contributed by atoms with E-state index in [1.807, 2.05) is 30.3 Å². The molecule has 3 aromatic rings. The highest BCUT2D eigenvalue weighted by molar-refractivity contribution is 6.06. The zero-order chi connectivity index (χ0) is 24.2. The highest BCUT2D eigenvalue weighted by atomic mass is 16.5. The van der Waals surface area contributed by atoms with Crippen molar-refractivity contribution in [3.05, 3.63) is 65.9 Å². The molecule has 0 amide bonds. The standard InChI is InChI=1S/C25H25N3O6/c1-33-24(31)20-21(26-28(22(20)25(32)34-2)19-6-4-3-5-7-19)16-8-10-18(11-9-16)27-14-12-17(13-15-27)23(29)30/h3-11,17H,12-15H2,1-2H3,(H,29,30). The topological polar surface area (TPSA) is 111 Å². The van der Waals surface area contributed by atoms with Crippen LogP contribution >= 0.6 is 0 Å². The van der Waals surface area contributed by atoms with Crippen molar-refractivity contribution in [1.82, 2.24) is 9.78 Å². The summed E-state index contributed by atoms with van der Waals surface area (Å²) >= 11 is 0. The molecule has 1 aromatic heterocycles. The molecule has 0 aliphatic carbocycles. The van der Waals surface area contributed by atoms with Crippen LogP contribution in [0.2, 0.25) is 0 Å². The van der Waals surface area contributed by atoms with Crippen molar-refractivity contribution in [2.75, 3.05) is 32.2 Å². The molecular weight excluding hydrogens is 438 g/mol. The van der Waals surface area contributed by atoms with Crippen molar-refractivity contribution in [2.24, 2.45) is 5.92 Å². The van der Waals surface area contributed by atoms with Gasteiger partial charge in [-0.3, -0.25) is 4.79 Å². The lowest BCUT2D eigenvalue weighted by Gasteiger charge is -2.32. The van der Waals surface area contributed by atoms with E-state index in [0.29, 0.717) is 42.9 Å². The lowest BCUT2D eigenvalue weighted by molar-refractivity contribution is -0.142. The van der Waals surface area contributed by atoms with Gasteiger partial charge in [-0.15, -0.1) is 0 Å². The second kappa shape index (κ2) is 9.78. The van der Waals surface area contributed by atoms with Gasteiger partial charge < -0.3 is 19.5 Å². The molecule has 176 valence electrons. The minimum atomic E-state index is -0.749. The first kappa shape index (κ1) is 23.0. The van der Waals surface area contributed by atoms with Gasteiger partial charge in [0.25, 0.3) is 0 Å². The molecule has 9 heteroatoms. The molecule has 0 unspecified atom stereocenters. The molecule has 0 saturated carbocycles. The van der Waals surface area contributed by atoms with Crippen LogP contribution in [0.3, 0.4) is 0 Å². The predicted molar refractivity (Wildman–Crippen MR) is 124 cm³/mol. The highest BCUT2D eigenvalue weighted by Gasteiger charge is 2.31. The SMILES string of the molecule is COC(=O)c1c(-c2ccc(N3CCC(C(=O)O)CC3)cc2)nn(-c2ccccc2)c1C(=O)OC. The molecule has 1 fully saturated rings. The van der Waals surface area contributed by atoms with Gasteiger partial charge in [-0.2, -0.15) is 5.10 Å². The monoisotopic (exact) mass is 463 g/mol. The molecule has 0 atom stereocenters. The zero-order valence-corrected chi connectivity index (χ0v) is 18.9. The molecule has 2 heterocycles. The average molecular weight is 463 g/mol. The number of aromatic nitrogens is 2. The van der Waals surface area contributed by atoms with Crippen LogP contribution in [0.25, 0.3) is 16.9 Å². The number of rotatable bonds is 6. The van der Waals surface area contributed by atoms with Gasteiger partial charge in [0.15, 0.2) is 5.69 Å². The van der Waals surface area contributed by atoms with E-state index < -0.39 is 17.9 Å². The predicted octanol–water partition coefficient (Wildman–Crippen LogP) is 3.41. The van der Waals surface area contributed by atoms with Gasteiger partial charge in [-0.25, -0.2) is 14.3 Å². The second-order valence-electron chi connectivity index (χ2n) is 7.95. The number of carboxylic acid groups (broad SMARTS) is 1. The fraction of sp³-hybridized carbons (Fsp3) is 0.280. The van der Waals surface area contributed by atoms with Crippen LogP contribution in [0.1, 0.15) is 33.7 Å². The number of carbonyl (C=O) groups is 3. The van der Waals surface area contributed by atoms with E-state index in [1.54, 1.807) is 24.3 Å². The maximum Gasteiger partial charge on any atom is 0.357 e. The lowest BCUT2D eigenvalue weighted by Crippen LogP contribution is -2.36. The number of anilines is 1. The first-order valence-electron chi connectivity index (χ1n) is 10.9. The Hall–Kier alpha value is -4.14. The maximum absolute atomic E-state index is 12.8. The minimum Gasteiger partial charge on any atom is -0.481 e. The summed E-state index contributed by atoms with van der Waals surface area (Å²) < 4.78 is 11.3. The van der Waals surface area contributed by atoms with Crippen molar-refractivity contribution < 1.29 is 29.0 Å². The number of piperidine rings is 1. The smallest absolute Gasteiger partial charge is 0.357 e. The Balaban J connectivity index is 1.74. The normalized spacial score (nSPS) is 14.0. The van der Waals surface area contributed by atoms with Gasteiger partial charge in [-0.05, 0) is 37.1 Å². The number of carboxylic acids is 1. The van der Waals surface area contributed by atoms with Crippen LogP contribution in [-0.4, -0.2) is 60.1 Å². The number of para-hydroxylation sites is 1. The fourth-order valence-corrected chi connectivity index (χ4v) is 4.17. The Labute approximate surface area is 196 Å². The van der Waals surface area contributed by atoms with E-state index in [1.165, 1.54) is 18.9 Å². The summed E-state index contributed by atoms with van der Waals surface area (Å²) in [6.45, 7) is 1.30. The van der Waals surface area contributed by atoms with Crippen LogP contribution in [0.15, 0.2) is 54.6 Å². The summed E-state index contributed by atoms with van der Waals surface area (Å²) in [5.41, 5.74) is 2.47.